The zero-order valence-electron chi connectivity index (χ0n) is 12.7. The lowest BCUT2D eigenvalue weighted by atomic mass is 9.90. The summed E-state index contributed by atoms with van der Waals surface area (Å²) in [4.78, 5) is 2.30. The normalized spacial score (nSPS) is 17.1. The van der Waals surface area contributed by atoms with Crippen molar-refractivity contribution in [2.24, 2.45) is 0 Å². The maximum atomic E-state index is 5.31. The second kappa shape index (κ2) is 6.19. The molecule has 3 heteroatoms. The van der Waals surface area contributed by atoms with Gasteiger partial charge in [-0.25, -0.2) is 0 Å². The summed E-state index contributed by atoms with van der Waals surface area (Å²) in [5.41, 5.74) is 4.09. The number of methoxy groups -OCH3 is 1. The van der Waals surface area contributed by atoms with Crippen LogP contribution in [0.1, 0.15) is 17.0 Å². The fourth-order valence-corrected chi connectivity index (χ4v) is 3.03. The summed E-state index contributed by atoms with van der Waals surface area (Å²) in [5, 5.41) is 3.52. The van der Waals surface area contributed by atoms with E-state index in [4.69, 9.17) is 4.74 Å². The van der Waals surface area contributed by atoms with E-state index in [1.165, 1.54) is 16.8 Å². The quantitative estimate of drug-likeness (QED) is 0.933. The van der Waals surface area contributed by atoms with Gasteiger partial charge in [0.05, 0.1) is 7.11 Å². The van der Waals surface area contributed by atoms with E-state index < -0.39 is 0 Å². The van der Waals surface area contributed by atoms with Crippen molar-refractivity contribution in [2.45, 2.75) is 12.5 Å². The SMILES string of the molecule is COc1cccc(N(C)CC2CNCc3ccccc32)c1. The van der Waals surface area contributed by atoms with Gasteiger partial charge in [0.2, 0.25) is 0 Å². The summed E-state index contributed by atoms with van der Waals surface area (Å²) < 4.78 is 5.31. The molecule has 3 rings (SSSR count). The molecule has 21 heavy (non-hydrogen) atoms. The number of ether oxygens (including phenoxy) is 1. The maximum absolute atomic E-state index is 5.31. The summed E-state index contributed by atoms with van der Waals surface area (Å²) in [5.74, 6) is 1.42. The Labute approximate surface area is 126 Å². The first-order valence-corrected chi connectivity index (χ1v) is 7.41. The van der Waals surface area contributed by atoms with Crippen LogP contribution in [0.3, 0.4) is 0 Å². The van der Waals surface area contributed by atoms with Crippen molar-refractivity contribution in [2.75, 3.05) is 32.1 Å². The number of hydrogen-bond acceptors (Lipinski definition) is 3. The largest absolute Gasteiger partial charge is 0.497 e. The highest BCUT2D eigenvalue weighted by Crippen LogP contribution is 2.27. The number of nitrogens with zero attached hydrogens (tertiary/aromatic N) is 1. The van der Waals surface area contributed by atoms with Crippen LogP contribution in [0.25, 0.3) is 0 Å². The lowest BCUT2D eigenvalue weighted by Gasteiger charge is -2.31. The van der Waals surface area contributed by atoms with Gasteiger partial charge in [-0.3, -0.25) is 0 Å². The molecule has 0 spiro atoms. The Morgan fingerprint density at radius 3 is 2.90 bits per heavy atom. The predicted octanol–water partition coefficient (Wildman–Crippen LogP) is 3.02. The summed E-state index contributed by atoms with van der Waals surface area (Å²) in [6.07, 6.45) is 0. The minimum atomic E-state index is 0.520. The molecule has 1 heterocycles. The van der Waals surface area contributed by atoms with Crippen LogP contribution in [-0.4, -0.2) is 27.2 Å². The van der Waals surface area contributed by atoms with Gasteiger partial charge >= 0.3 is 0 Å². The molecule has 0 radical (unpaired) electrons. The van der Waals surface area contributed by atoms with E-state index in [2.05, 4.69) is 53.7 Å². The molecule has 0 saturated heterocycles. The van der Waals surface area contributed by atoms with Crippen LogP contribution < -0.4 is 15.0 Å². The van der Waals surface area contributed by atoms with Crippen LogP contribution in [0, 0.1) is 0 Å². The van der Waals surface area contributed by atoms with Gasteiger partial charge in [0, 0.05) is 44.4 Å². The minimum absolute atomic E-state index is 0.520. The van der Waals surface area contributed by atoms with Gasteiger partial charge in [-0.1, -0.05) is 30.3 Å². The molecule has 0 bridgehead atoms. The van der Waals surface area contributed by atoms with Crippen molar-refractivity contribution in [3.8, 4) is 5.75 Å². The standard InChI is InChI=1S/C18H22N2O/c1-20(16-7-5-8-17(10-16)21-2)13-15-12-19-11-14-6-3-4-9-18(14)15/h3-10,15,19H,11-13H2,1-2H3. The number of benzene rings is 2. The molecule has 1 aliphatic heterocycles. The molecule has 0 aliphatic carbocycles. The van der Waals surface area contributed by atoms with E-state index in [-0.39, 0.29) is 0 Å². The van der Waals surface area contributed by atoms with Gasteiger partial charge in [-0.05, 0) is 23.3 Å². The molecule has 0 saturated carbocycles. The summed E-state index contributed by atoms with van der Waals surface area (Å²) in [6, 6.07) is 17.0. The Morgan fingerprint density at radius 2 is 2.05 bits per heavy atom. The smallest absolute Gasteiger partial charge is 0.120 e. The predicted molar refractivity (Wildman–Crippen MR) is 87.2 cm³/mol. The number of fused-ring (bicyclic) bond motifs is 1. The molecular formula is C18H22N2O. The maximum Gasteiger partial charge on any atom is 0.120 e. The topological polar surface area (TPSA) is 24.5 Å². The van der Waals surface area contributed by atoms with Crippen LogP contribution >= 0.6 is 0 Å². The molecule has 1 N–H and O–H groups in total. The van der Waals surface area contributed by atoms with Gasteiger partial charge in [0.1, 0.15) is 5.75 Å². The van der Waals surface area contributed by atoms with E-state index in [1.54, 1.807) is 7.11 Å². The second-order valence-electron chi connectivity index (χ2n) is 5.61. The number of rotatable bonds is 4. The van der Waals surface area contributed by atoms with Gasteiger partial charge in [-0.15, -0.1) is 0 Å². The van der Waals surface area contributed by atoms with Crippen molar-refractivity contribution in [1.82, 2.24) is 5.32 Å². The third kappa shape index (κ3) is 3.03. The van der Waals surface area contributed by atoms with Gasteiger partial charge in [0.25, 0.3) is 0 Å². The first-order chi connectivity index (χ1) is 10.3. The molecule has 2 aromatic rings. The third-order valence-electron chi connectivity index (χ3n) is 4.19. The summed E-state index contributed by atoms with van der Waals surface area (Å²) in [6.45, 7) is 3.01. The molecule has 0 amide bonds. The molecular weight excluding hydrogens is 260 g/mol. The Kier molecular flexibility index (Phi) is 4.11. The van der Waals surface area contributed by atoms with Gasteiger partial charge in [-0.2, -0.15) is 0 Å². The van der Waals surface area contributed by atoms with Crippen molar-refractivity contribution in [1.29, 1.82) is 0 Å². The van der Waals surface area contributed by atoms with E-state index >= 15 is 0 Å². The van der Waals surface area contributed by atoms with Crippen molar-refractivity contribution in [3.63, 3.8) is 0 Å². The van der Waals surface area contributed by atoms with Crippen molar-refractivity contribution in [3.05, 3.63) is 59.7 Å². The van der Waals surface area contributed by atoms with E-state index in [9.17, 15) is 0 Å². The average molecular weight is 282 g/mol. The molecule has 3 nitrogen and oxygen atoms in total. The third-order valence-corrected chi connectivity index (χ3v) is 4.19. The number of anilines is 1. The van der Waals surface area contributed by atoms with Crippen LogP contribution in [0.15, 0.2) is 48.5 Å². The zero-order valence-corrected chi connectivity index (χ0v) is 12.7. The highest BCUT2D eigenvalue weighted by Gasteiger charge is 2.20. The Morgan fingerprint density at radius 1 is 1.19 bits per heavy atom. The van der Waals surface area contributed by atoms with E-state index in [0.717, 1.165) is 25.4 Å². The van der Waals surface area contributed by atoms with Gasteiger partial charge in [0.15, 0.2) is 0 Å². The first kappa shape index (κ1) is 14.0. The minimum Gasteiger partial charge on any atom is -0.497 e. The van der Waals surface area contributed by atoms with E-state index in [0.29, 0.717) is 5.92 Å². The summed E-state index contributed by atoms with van der Waals surface area (Å²) >= 11 is 0. The van der Waals surface area contributed by atoms with Crippen LogP contribution in [0.2, 0.25) is 0 Å². The molecule has 0 aromatic heterocycles. The van der Waals surface area contributed by atoms with Crippen LogP contribution in [0.5, 0.6) is 5.75 Å². The number of likely N-dealkylation sites (N-methyl/N-ethyl adjacent to an activating group) is 1. The first-order valence-electron chi connectivity index (χ1n) is 7.41. The molecule has 1 unspecified atom stereocenters. The lowest BCUT2D eigenvalue weighted by Crippen LogP contribution is -2.35. The van der Waals surface area contributed by atoms with E-state index in [1.807, 2.05) is 12.1 Å². The van der Waals surface area contributed by atoms with Crippen LogP contribution in [0.4, 0.5) is 5.69 Å². The number of hydrogen-bond donors (Lipinski definition) is 1. The fraction of sp³-hybridized carbons (Fsp3) is 0.333. The average Bonchev–Trinajstić information content (AvgIpc) is 2.55. The Hall–Kier alpha value is -2.00. The van der Waals surface area contributed by atoms with Crippen molar-refractivity contribution < 1.29 is 4.74 Å². The summed E-state index contributed by atoms with van der Waals surface area (Å²) in [7, 11) is 3.85. The molecule has 2 aromatic carbocycles. The highest BCUT2D eigenvalue weighted by molar-refractivity contribution is 5.50. The van der Waals surface area contributed by atoms with Crippen molar-refractivity contribution >= 4 is 5.69 Å². The Balaban J connectivity index is 1.77. The van der Waals surface area contributed by atoms with Gasteiger partial charge < -0.3 is 15.0 Å². The number of nitrogens with one attached hydrogen (secondary N) is 1. The van der Waals surface area contributed by atoms with Crippen LogP contribution in [-0.2, 0) is 6.54 Å². The molecule has 1 atom stereocenters. The zero-order chi connectivity index (χ0) is 14.7. The highest BCUT2D eigenvalue weighted by atomic mass is 16.5. The molecule has 110 valence electrons. The second-order valence-corrected chi connectivity index (χ2v) is 5.61. The lowest BCUT2D eigenvalue weighted by molar-refractivity contribution is 0.414. The fourth-order valence-electron chi connectivity index (χ4n) is 3.03. The molecule has 1 aliphatic rings. The Bertz CT molecular complexity index is 612. The molecule has 0 fully saturated rings. The monoisotopic (exact) mass is 282 g/mol.